The summed E-state index contributed by atoms with van der Waals surface area (Å²) >= 11 is 5.63. The number of aliphatic carboxylic acids is 1. The average Bonchev–Trinajstić information content (AvgIpc) is 2.82. The van der Waals surface area contributed by atoms with Gasteiger partial charge in [0.2, 0.25) is 5.91 Å². The van der Waals surface area contributed by atoms with E-state index < -0.39 is 29.8 Å². The minimum absolute atomic E-state index is 0.0112. The Kier molecular flexibility index (Phi) is 4.59. The molecule has 112 valence electrons. The number of carbonyl (C=O) groups is 2. The van der Waals surface area contributed by atoms with Crippen molar-refractivity contribution in [2.24, 2.45) is 0 Å². The van der Waals surface area contributed by atoms with Crippen LogP contribution in [-0.4, -0.2) is 45.7 Å². The van der Waals surface area contributed by atoms with Gasteiger partial charge in [-0.3, -0.25) is 4.79 Å². The summed E-state index contributed by atoms with van der Waals surface area (Å²) in [6.45, 7) is -0.0235. The summed E-state index contributed by atoms with van der Waals surface area (Å²) in [4.78, 5) is 24.1. The van der Waals surface area contributed by atoms with Gasteiger partial charge in [-0.2, -0.15) is 0 Å². The minimum Gasteiger partial charge on any atom is -0.480 e. The Balaban J connectivity index is 2.11. The molecule has 1 aromatic rings. The van der Waals surface area contributed by atoms with E-state index in [9.17, 15) is 19.1 Å². The highest BCUT2D eigenvalue weighted by molar-refractivity contribution is 6.30. The molecule has 0 spiro atoms. The molecule has 1 saturated heterocycles. The number of nitrogens with zero attached hydrogens (tertiary/aromatic N) is 1. The summed E-state index contributed by atoms with van der Waals surface area (Å²) < 4.78 is 13.0. The van der Waals surface area contributed by atoms with Crippen molar-refractivity contribution in [1.29, 1.82) is 0 Å². The lowest BCUT2D eigenvalue weighted by molar-refractivity contribution is -0.146. The highest BCUT2D eigenvalue weighted by Crippen LogP contribution is 2.20. The normalized spacial score (nSPS) is 22.0. The molecule has 2 N–H and O–H groups in total. The molecule has 0 radical (unpaired) electrons. The molecule has 1 aromatic carbocycles. The van der Waals surface area contributed by atoms with Gasteiger partial charge in [-0.05, 0) is 23.8 Å². The van der Waals surface area contributed by atoms with Gasteiger partial charge >= 0.3 is 5.97 Å². The molecule has 2 rings (SSSR count). The smallest absolute Gasteiger partial charge is 0.326 e. The number of rotatable bonds is 3. The number of β-amino-alcohol motifs (C(OH)–C–C–N with tert-alkyl or cyclic N) is 1. The van der Waals surface area contributed by atoms with Crippen LogP contribution in [-0.2, 0) is 9.59 Å². The second-order valence-corrected chi connectivity index (χ2v) is 5.15. The van der Waals surface area contributed by atoms with Gasteiger partial charge in [0.05, 0.1) is 11.1 Å². The van der Waals surface area contributed by atoms with E-state index >= 15 is 0 Å². The first-order valence-corrected chi connectivity index (χ1v) is 6.61. The molecule has 0 aliphatic carbocycles. The van der Waals surface area contributed by atoms with Gasteiger partial charge in [0.1, 0.15) is 11.9 Å². The predicted molar refractivity (Wildman–Crippen MR) is 74.2 cm³/mol. The number of amides is 1. The third kappa shape index (κ3) is 3.59. The van der Waals surface area contributed by atoms with Crippen molar-refractivity contribution in [2.45, 2.75) is 18.6 Å². The molecule has 1 heterocycles. The number of carbonyl (C=O) groups excluding carboxylic acids is 1. The molecule has 1 amide bonds. The van der Waals surface area contributed by atoms with Crippen molar-refractivity contribution in [3.63, 3.8) is 0 Å². The van der Waals surface area contributed by atoms with E-state index in [1.54, 1.807) is 0 Å². The Bertz CT molecular complexity index is 605. The van der Waals surface area contributed by atoms with E-state index in [4.69, 9.17) is 16.7 Å². The number of carboxylic acids is 1. The fourth-order valence-corrected chi connectivity index (χ4v) is 2.36. The number of likely N-dealkylation sites (tertiary alicyclic amines) is 1. The van der Waals surface area contributed by atoms with Gasteiger partial charge < -0.3 is 15.1 Å². The molecule has 0 aromatic heterocycles. The molecule has 5 nitrogen and oxygen atoms in total. The second-order valence-electron chi connectivity index (χ2n) is 4.74. The predicted octanol–water partition coefficient (Wildman–Crippen LogP) is 1.54. The third-order valence-electron chi connectivity index (χ3n) is 3.21. The van der Waals surface area contributed by atoms with Gasteiger partial charge in [0, 0.05) is 19.0 Å². The largest absolute Gasteiger partial charge is 0.480 e. The van der Waals surface area contributed by atoms with Crippen molar-refractivity contribution in [2.75, 3.05) is 6.54 Å². The number of benzene rings is 1. The van der Waals surface area contributed by atoms with Crippen LogP contribution in [0.25, 0.3) is 6.08 Å². The lowest BCUT2D eigenvalue weighted by atomic mass is 10.2. The highest BCUT2D eigenvalue weighted by Gasteiger charge is 2.37. The van der Waals surface area contributed by atoms with Crippen LogP contribution in [0.5, 0.6) is 0 Å². The van der Waals surface area contributed by atoms with E-state index in [1.165, 1.54) is 30.4 Å². The maximum absolute atomic E-state index is 13.0. The maximum Gasteiger partial charge on any atom is 0.326 e. The first-order valence-electron chi connectivity index (χ1n) is 6.23. The second kappa shape index (κ2) is 6.24. The summed E-state index contributed by atoms with van der Waals surface area (Å²) in [6.07, 6.45) is 1.76. The standard InChI is InChI=1S/C14H13ClFNO4/c15-10-5-8(1-3-11(10)16)2-4-13(19)17-7-9(18)6-12(17)14(20)21/h1-5,9,12,18H,6-7H2,(H,20,21)/b4-2+. The number of hydrogen-bond donors (Lipinski definition) is 2. The molecule has 1 aliphatic heterocycles. The van der Waals surface area contributed by atoms with Crippen LogP contribution >= 0.6 is 11.6 Å². The number of aliphatic hydroxyl groups is 1. The molecule has 0 bridgehead atoms. The Morgan fingerprint density at radius 3 is 2.76 bits per heavy atom. The van der Waals surface area contributed by atoms with E-state index in [0.717, 1.165) is 4.90 Å². The first kappa shape index (κ1) is 15.5. The fraction of sp³-hybridized carbons (Fsp3) is 0.286. The molecule has 1 fully saturated rings. The van der Waals surface area contributed by atoms with Crippen molar-refractivity contribution < 1.29 is 24.2 Å². The number of carboxylic acid groups (broad SMARTS) is 1. The van der Waals surface area contributed by atoms with Gasteiger partial charge in [-0.15, -0.1) is 0 Å². The molecule has 2 atom stereocenters. The third-order valence-corrected chi connectivity index (χ3v) is 3.50. The molecular weight excluding hydrogens is 301 g/mol. The molecular formula is C14H13ClFNO4. The number of halogens is 2. The Hall–Kier alpha value is -1.92. The van der Waals surface area contributed by atoms with E-state index in [0.29, 0.717) is 5.56 Å². The van der Waals surface area contributed by atoms with E-state index in [-0.39, 0.29) is 18.0 Å². The van der Waals surface area contributed by atoms with Gasteiger partial charge in [0.15, 0.2) is 0 Å². The monoisotopic (exact) mass is 313 g/mol. The molecule has 21 heavy (non-hydrogen) atoms. The van der Waals surface area contributed by atoms with Crippen molar-refractivity contribution in [1.82, 2.24) is 4.90 Å². The van der Waals surface area contributed by atoms with Gasteiger partial charge in [0.25, 0.3) is 0 Å². The van der Waals surface area contributed by atoms with Crippen LogP contribution in [0.15, 0.2) is 24.3 Å². The maximum atomic E-state index is 13.0. The number of hydrogen-bond acceptors (Lipinski definition) is 3. The fourth-order valence-electron chi connectivity index (χ4n) is 2.17. The van der Waals surface area contributed by atoms with Crippen LogP contribution in [0.4, 0.5) is 4.39 Å². The summed E-state index contributed by atoms with van der Waals surface area (Å²) in [5.41, 5.74) is 0.515. The highest BCUT2D eigenvalue weighted by atomic mass is 35.5. The average molecular weight is 314 g/mol. The van der Waals surface area contributed by atoms with Gasteiger partial charge in [-0.25, -0.2) is 9.18 Å². The van der Waals surface area contributed by atoms with Crippen molar-refractivity contribution in [3.8, 4) is 0 Å². The minimum atomic E-state index is -1.15. The van der Waals surface area contributed by atoms with Crippen LogP contribution in [0.2, 0.25) is 5.02 Å². The van der Waals surface area contributed by atoms with Crippen molar-refractivity contribution in [3.05, 3.63) is 40.7 Å². The number of aliphatic hydroxyl groups excluding tert-OH is 1. The van der Waals surface area contributed by atoms with Crippen molar-refractivity contribution >= 4 is 29.6 Å². The lowest BCUT2D eigenvalue weighted by Gasteiger charge is -2.19. The van der Waals surface area contributed by atoms with E-state index in [2.05, 4.69) is 0 Å². The van der Waals surface area contributed by atoms with Crippen LogP contribution in [0.1, 0.15) is 12.0 Å². The Morgan fingerprint density at radius 2 is 2.14 bits per heavy atom. The Morgan fingerprint density at radius 1 is 1.43 bits per heavy atom. The quantitative estimate of drug-likeness (QED) is 0.830. The summed E-state index contributed by atoms with van der Waals surface area (Å²) in [6, 6.07) is 2.94. The summed E-state index contributed by atoms with van der Waals surface area (Å²) in [5, 5.41) is 18.4. The van der Waals surface area contributed by atoms with Crippen LogP contribution < -0.4 is 0 Å². The summed E-state index contributed by atoms with van der Waals surface area (Å²) in [5.74, 6) is -2.24. The molecule has 1 aliphatic rings. The zero-order valence-electron chi connectivity index (χ0n) is 10.9. The Labute approximate surface area is 125 Å². The molecule has 2 unspecified atom stereocenters. The van der Waals surface area contributed by atoms with Gasteiger partial charge in [-0.1, -0.05) is 17.7 Å². The molecule has 7 heteroatoms. The van der Waals surface area contributed by atoms with Crippen LogP contribution in [0.3, 0.4) is 0 Å². The summed E-state index contributed by atoms with van der Waals surface area (Å²) in [7, 11) is 0. The molecule has 0 saturated carbocycles. The SMILES string of the molecule is O=C(O)C1CC(O)CN1C(=O)/C=C/c1ccc(F)c(Cl)c1. The zero-order chi connectivity index (χ0) is 15.6. The van der Waals surface area contributed by atoms with E-state index in [1.807, 2.05) is 0 Å². The lowest BCUT2D eigenvalue weighted by Crippen LogP contribution is -2.39. The zero-order valence-corrected chi connectivity index (χ0v) is 11.6. The first-order chi connectivity index (χ1) is 9.88. The van der Waals surface area contributed by atoms with Crippen LogP contribution in [0, 0.1) is 5.82 Å². The topological polar surface area (TPSA) is 77.8 Å².